The molecule has 2 unspecified atom stereocenters. The molecule has 1 spiro atoms. The van der Waals surface area contributed by atoms with Gasteiger partial charge in [0.05, 0.1) is 17.2 Å². The van der Waals surface area contributed by atoms with E-state index in [-0.39, 0.29) is 41.0 Å². The third-order valence-corrected chi connectivity index (χ3v) is 9.07. The summed E-state index contributed by atoms with van der Waals surface area (Å²) in [5.41, 5.74) is 0.486. The van der Waals surface area contributed by atoms with E-state index in [1.807, 2.05) is 24.3 Å². The lowest BCUT2D eigenvalue weighted by Crippen LogP contribution is -2.59. The SMILES string of the molecule is CCCC(CCC)Oc1cc(F)c(Cl)cc1C1NC(=O)C[C@@H](C2C=CC=C(Cl)C2)[C@]12C(=O)Nc1cc(Cl)ccc12. The van der Waals surface area contributed by atoms with Gasteiger partial charge >= 0.3 is 0 Å². The first-order valence-electron chi connectivity index (χ1n) is 13.8. The van der Waals surface area contributed by atoms with E-state index in [2.05, 4.69) is 24.5 Å². The molecule has 1 aliphatic carbocycles. The lowest BCUT2D eigenvalue weighted by Gasteiger charge is -2.49. The highest BCUT2D eigenvalue weighted by molar-refractivity contribution is 6.31. The topological polar surface area (TPSA) is 67.4 Å². The maximum absolute atomic E-state index is 14.9. The molecular formula is C31H32Cl3FN2O3. The van der Waals surface area contributed by atoms with E-state index in [1.165, 1.54) is 12.1 Å². The average Bonchev–Trinajstić information content (AvgIpc) is 3.18. The number of allylic oxidation sites excluding steroid dienone is 4. The van der Waals surface area contributed by atoms with Gasteiger partial charge in [0.15, 0.2) is 0 Å². The molecule has 0 bridgehead atoms. The van der Waals surface area contributed by atoms with Crippen LogP contribution >= 0.6 is 34.8 Å². The first-order chi connectivity index (χ1) is 19.2. The third kappa shape index (κ3) is 5.15. The third-order valence-electron chi connectivity index (χ3n) is 8.26. The fourth-order valence-electron chi connectivity index (χ4n) is 6.60. The quantitative estimate of drug-likeness (QED) is 0.318. The number of benzene rings is 2. The molecule has 40 heavy (non-hydrogen) atoms. The van der Waals surface area contributed by atoms with Crippen molar-refractivity contribution in [1.29, 1.82) is 0 Å². The zero-order valence-electron chi connectivity index (χ0n) is 22.4. The minimum atomic E-state index is -1.26. The number of hydrogen-bond acceptors (Lipinski definition) is 3. The smallest absolute Gasteiger partial charge is 0.237 e. The van der Waals surface area contributed by atoms with Gasteiger partial charge in [0.1, 0.15) is 17.0 Å². The Hall–Kier alpha value is -2.54. The fraction of sp³-hybridized carbons (Fsp3) is 0.419. The molecule has 5 rings (SSSR count). The van der Waals surface area contributed by atoms with Crippen molar-refractivity contribution in [3.05, 3.63) is 80.6 Å². The number of anilines is 1. The Balaban J connectivity index is 1.73. The molecule has 2 heterocycles. The summed E-state index contributed by atoms with van der Waals surface area (Å²) in [5.74, 6) is -1.52. The summed E-state index contributed by atoms with van der Waals surface area (Å²) in [5, 5.41) is 7.12. The molecule has 2 aromatic rings. The number of amides is 2. The van der Waals surface area contributed by atoms with Crippen LogP contribution in [-0.4, -0.2) is 17.9 Å². The van der Waals surface area contributed by atoms with Gasteiger partial charge in [0, 0.05) is 33.8 Å². The zero-order chi connectivity index (χ0) is 28.6. The number of rotatable bonds is 8. The summed E-state index contributed by atoms with van der Waals surface area (Å²) in [6.45, 7) is 4.14. The molecule has 5 nitrogen and oxygen atoms in total. The molecule has 2 aliphatic heterocycles. The summed E-state index contributed by atoms with van der Waals surface area (Å²) in [7, 11) is 0. The Morgan fingerprint density at radius 2 is 1.82 bits per heavy atom. The molecule has 0 radical (unpaired) electrons. The lowest BCUT2D eigenvalue weighted by molar-refractivity contribution is -0.135. The molecule has 0 aromatic heterocycles. The summed E-state index contributed by atoms with van der Waals surface area (Å²) in [6.07, 6.45) is 9.46. The largest absolute Gasteiger partial charge is 0.490 e. The fourth-order valence-corrected chi connectivity index (χ4v) is 7.20. The molecule has 9 heteroatoms. The number of halogens is 4. The van der Waals surface area contributed by atoms with E-state index in [0.717, 1.165) is 25.7 Å². The van der Waals surface area contributed by atoms with Gasteiger partial charge in [-0.05, 0) is 60.9 Å². The van der Waals surface area contributed by atoms with Gasteiger partial charge in [0.2, 0.25) is 11.8 Å². The van der Waals surface area contributed by atoms with Crippen molar-refractivity contribution >= 4 is 52.3 Å². The molecule has 4 atom stereocenters. The summed E-state index contributed by atoms with van der Waals surface area (Å²) in [6, 6.07) is 7.15. The second-order valence-electron chi connectivity index (χ2n) is 10.8. The molecular weight excluding hydrogens is 574 g/mol. The van der Waals surface area contributed by atoms with Crippen molar-refractivity contribution in [1.82, 2.24) is 5.32 Å². The van der Waals surface area contributed by atoms with Crippen molar-refractivity contribution in [3.63, 3.8) is 0 Å². The maximum Gasteiger partial charge on any atom is 0.237 e. The Labute approximate surface area is 249 Å². The highest BCUT2D eigenvalue weighted by Crippen LogP contribution is 2.58. The average molecular weight is 606 g/mol. The first-order valence-corrected chi connectivity index (χ1v) is 14.9. The number of ether oxygens (including phenoxy) is 1. The van der Waals surface area contributed by atoms with Crippen LogP contribution in [0.15, 0.2) is 53.6 Å². The Morgan fingerprint density at radius 3 is 2.52 bits per heavy atom. The molecule has 2 N–H and O–H groups in total. The van der Waals surface area contributed by atoms with Crippen molar-refractivity contribution in [2.45, 2.75) is 69.9 Å². The minimum absolute atomic E-state index is 0.102. The number of hydrogen-bond donors (Lipinski definition) is 2. The molecule has 1 saturated heterocycles. The highest BCUT2D eigenvalue weighted by atomic mass is 35.5. The van der Waals surface area contributed by atoms with Gasteiger partial charge in [0.25, 0.3) is 0 Å². The normalized spacial score (nSPS) is 25.6. The van der Waals surface area contributed by atoms with Crippen LogP contribution in [0, 0.1) is 17.7 Å². The van der Waals surface area contributed by atoms with Gasteiger partial charge in [-0.15, -0.1) is 0 Å². The predicted octanol–water partition coefficient (Wildman–Crippen LogP) is 8.25. The second-order valence-corrected chi connectivity index (χ2v) is 12.1. The number of piperidine rings is 1. The van der Waals surface area contributed by atoms with Crippen molar-refractivity contribution < 1.29 is 18.7 Å². The Bertz CT molecular complexity index is 1390. The van der Waals surface area contributed by atoms with E-state index < -0.39 is 23.2 Å². The van der Waals surface area contributed by atoms with Crippen LogP contribution in [0.25, 0.3) is 0 Å². The van der Waals surface area contributed by atoms with Crippen LogP contribution in [0.4, 0.5) is 10.1 Å². The van der Waals surface area contributed by atoms with Crippen molar-refractivity contribution in [2.24, 2.45) is 11.8 Å². The lowest BCUT2D eigenvalue weighted by atomic mass is 9.57. The molecule has 0 saturated carbocycles. The predicted molar refractivity (Wildman–Crippen MR) is 158 cm³/mol. The Kier molecular flexibility index (Phi) is 8.51. The molecule has 2 amide bonds. The van der Waals surface area contributed by atoms with E-state index in [1.54, 1.807) is 12.1 Å². The van der Waals surface area contributed by atoms with Crippen LogP contribution in [0.3, 0.4) is 0 Å². The van der Waals surface area contributed by atoms with Crippen LogP contribution in [-0.2, 0) is 15.0 Å². The first kappa shape index (κ1) is 29.0. The number of nitrogens with one attached hydrogen (secondary N) is 2. The van der Waals surface area contributed by atoms with E-state index in [9.17, 15) is 14.0 Å². The van der Waals surface area contributed by atoms with Crippen molar-refractivity contribution in [2.75, 3.05) is 5.32 Å². The molecule has 1 fully saturated rings. The molecule has 2 aromatic carbocycles. The van der Waals surface area contributed by atoms with Gasteiger partial charge in [-0.25, -0.2) is 4.39 Å². The standard InChI is InChI=1S/C31H32Cl3FN2O3/c1-3-6-20(7-4-2)40-27-16-25(35)24(34)14-21(27)29-31(22-11-10-19(33)13-26(22)36-30(31)39)23(15-28(38)37-29)17-8-5-9-18(32)12-17/h5,8-11,13-14,16-17,20,23,29H,3-4,6-7,12,15H2,1-2H3,(H,36,39)(H,37,38)/t17?,23-,29?,31-/m0/s1. The van der Waals surface area contributed by atoms with Gasteiger partial charge < -0.3 is 15.4 Å². The number of carbonyl (C=O) groups excluding carboxylic acids is 2. The van der Waals surface area contributed by atoms with E-state index >= 15 is 0 Å². The zero-order valence-corrected chi connectivity index (χ0v) is 24.7. The van der Waals surface area contributed by atoms with Crippen LogP contribution < -0.4 is 15.4 Å². The Morgan fingerprint density at radius 1 is 1.07 bits per heavy atom. The van der Waals surface area contributed by atoms with Crippen molar-refractivity contribution in [3.8, 4) is 5.75 Å². The maximum atomic E-state index is 14.9. The van der Waals surface area contributed by atoms with Gasteiger partial charge in [-0.2, -0.15) is 0 Å². The molecule has 212 valence electrons. The second kappa shape index (κ2) is 11.8. The van der Waals surface area contributed by atoms with Gasteiger partial charge in [-0.1, -0.05) is 79.7 Å². The van der Waals surface area contributed by atoms with E-state index in [0.29, 0.717) is 33.3 Å². The summed E-state index contributed by atoms with van der Waals surface area (Å²) < 4.78 is 21.4. The minimum Gasteiger partial charge on any atom is -0.490 e. The summed E-state index contributed by atoms with van der Waals surface area (Å²) in [4.78, 5) is 27.7. The number of fused-ring (bicyclic) bond motifs is 2. The summed E-state index contributed by atoms with van der Waals surface area (Å²) >= 11 is 19.1. The monoisotopic (exact) mass is 604 g/mol. The van der Waals surface area contributed by atoms with Crippen LogP contribution in [0.1, 0.15) is 69.5 Å². The number of carbonyl (C=O) groups is 2. The van der Waals surface area contributed by atoms with Gasteiger partial charge in [-0.3, -0.25) is 9.59 Å². The molecule has 3 aliphatic rings. The van der Waals surface area contributed by atoms with Crippen LogP contribution in [0.2, 0.25) is 10.0 Å². The van der Waals surface area contributed by atoms with E-state index in [4.69, 9.17) is 39.5 Å². The highest BCUT2D eigenvalue weighted by Gasteiger charge is 2.62. The van der Waals surface area contributed by atoms with Crippen LogP contribution in [0.5, 0.6) is 5.75 Å².